The topological polar surface area (TPSA) is 76.1 Å². The molecule has 0 radical (unpaired) electrons. The van der Waals surface area contributed by atoms with Gasteiger partial charge in [0.05, 0.1) is 12.7 Å². The predicted molar refractivity (Wildman–Crippen MR) is 107 cm³/mol. The Balaban J connectivity index is 1.79. The van der Waals surface area contributed by atoms with Gasteiger partial charge in [-0.25, -0.2) is 9.78 Å². The van der Waals surface area contributed by atoms with Crippen molar-refractivity contribution in [3.8, 4) is 0 Å². The Kier molecular flexibility index (Phi) is 5.66. The van der Waals surface area contributed by atoms with E-state index in [1.807, 2.05) is 31.2 Å². The van der Waals surface area contributed by atoms with Crippen LogP contribution < -0.4 is 10.6 Å². The van der Waals surface area contributed by atoms with Crippen LogP contribution in [0.1, 0.15) is 28.5 Å². The maximum atomic E-state index is 11.7. The van der Waals surface area contributed by atoms with Crippen LogP contribution in [0.15, 0.2) is 54.6 Å². The summed E-state index contributed by atoms with van der Waals surface area (Å²) < 4.78 is 4.75. The van der Waals surface area contributed by atoms with E-state index < -0.39 is 0 Å². The van der Waals surface area contributed by atoms with E-state index in [1.165, 1.54) is 12.7 Å². The Hall–Kier alpha value is -3.41. The summed E-state index contributed by atoms with van der Waals surface area (Å²) in [4.78, 5) is 20.6. The number of hydrogen-bond acceptors (Lipinski definition) is 6. The summed E-state index contributed by atoms with van der Waals surface area (Å²) in [5.41, 5.74) is 4.24. The van der Waals surface area contributed by atoms with Crippen LogP contribution in [0.4, 0.5) is 23.1 Å². The summed E-state index contributed by atoms with van der Waals surface area (Å²) in [6.45, 7) is 4.03. The Morgan fingerprint density at radius 3 is 2.48 bits per heavy atom. The molecule has 27 heavy (non-hydrogen) atoms. The number of anilines is 4. The highest BCUT2D eigenvalue weighted by molar-refractivity contribution is 5.90. The number of aryl methyl sites for hydroxylation is 2. The lowest BCUT2D eigenvalue weighted by Gasteiger charge is -2.11. The van der Waals surface area contributed by atoms with Crippen molar-refractivity contribution in [2.45, 2.75) is 20.3 Å². The van der Waals surface area contributed by atoms with Crippen LogP contribution in [0, 0.1) is 6.92 Å². The minimum absolute atomic E-state index is 0.387. The molecule has 6 nitrogen and oxygen atoms in total. The lowest BCUT2D eigenvalue weighted by molar-refractivity contribution is 0.0601. The molecule has 3 rings (SSSR count). The zero-order valence-electron chi connectivity index (χ0n) is 15.6. The largest absolute Gasteiger partial charge is 0.465 e. The molecule has 0 aliphatic rings. The van der Waals surface area contributed by atoms with Crippen molar-refractivity contribution in [1.29, 1.82) is 0 Å². The van der Waals surface area contributed by atoms with Crippen molar-refractivity contribution in [1.82, 2.24) is 9.97 Å². The number of hydrogen-bond donors (Lipinski definition) is 2. The number of rotatable bonds is 6. The number of ether oxygens (including phenoxy) is 1. The van der Waals surface area contributed by atoms with Crippen molar-refractivity contribution in [2.24, 2.45) is 0 Å². The molecule has 2 N–H and O–H groups in total. The fourth-order valence-corrected chi connectivity index (χ4v) is 2.63. The van der Waals surface area contributed by atoms with E-state index in [4.69, 9.17) is 4.74 Å². The van der Waals surface area contributed by atoms with Crippen LogP contribution >= 0.6 is 0 Å². The molecule has 3 aromatic rings. The van der Waals surface area contributed by atoms with Crippen LogP contribution in [0.25, 0.3) is 0 Å². The number of methoxy groups -OCH3 is 1. The smallest absolute Gasteiger partial charge is 0.337 e. The van der Waals surface area contributed by atoms with Gasteiger partial charge in [-0.2, -0.15) is 4.98 Å². The Morgan fingerprint density at radius 1 is 1.00 bits per heavy atom. The Bertz CT molecular complexity index is 939. The molecule has 0 fully saturated rings. The summed E-state index contributed by atoms with van der Waals surface area (Å²) in [6.07, 6.45) is 1.01. The van der Waals surface area contributed by atoms with Gasteiger partial charge < -0.3 is 15.4 Å². The zero-order valence-corrected chi connectivity index (χ0v) is 15.6. The highest BCUT2D eigenvalue weighted by atomic mass is 16.5. The molecular weight excluding hydrogens is 340 g/mol. The van der Waals surface area contributed by atoms with Crippen molar-refractivity contribution in [3.63, 3.8) is 0 Å². The van der Waals surface area contributed by atoms with Gasteiger partial charge >= 0.3 is 5.97 Å². The molecule has 0 saturated heterocycles. The molecule has 1 heterocycles. The third kappa shape index (κ3) is 4.82. The van der Waals surface area contributed by atoms with E-state index in [9.17, 15) is 4.79 Å². The van der Waals surface area contributed by atoms with Crippen molar-refractivity contribution in [2.75, 3.05) is 17.7 Å². The number of carbonyl (C=O) groups is 1. The molecule has 0 spiro atoms. The van der Waals surface area contributed by atoms with Gasteiger partial charge in [0.2, 0.25) is 5.95 Å². The Morgan fingerprint density at radius 2 is 1.78 bits per heavy atom. The van der Waals surface area contributed by atoms with Crippen LogP contribution in [0.2, 0.25) is 0 Å². The lowest BCUT2D eigenvalue weighted by Crippen LogP contribution is -2.04. The van der Waals surface area contributed by atoms with Crippen LogP contribution in [-0.4, -0.2) is 23.0 Å². The van der Waals surface area contributed by atoms with Gasteiger partial charge in [-0.05, 0) is 49.2 Å². The maximum Gasteiger partial charge on any atom is 0.337 e. The first-order valence-corrected chi connectivity index (χ1v) is 8.74. The van der Waals surface area contributed by atoms with Gasteiger partial charge in [-0.15, -0.1) is 0 Å². The van der Waals surface area contributed by atoms with E-state index in [1.54, 1.807) is 18.2 Å². The molecule has 0 unspecified atom stereocenters. The van der Waals surface area contributed by atoms with Crippen LogP contribution in [0.3, 0.4) is 0 Å². The number of aromatic nitrogens is 2. The lowest BCUT2D eigenvalue weighted by atomic mass is 10.1. The maximum absolute atomic E-state index is 11.7. The monoisotopic (exact) mass is 362 g/mol. The molecule has 0 amide bonds. The van der Waals surface area contributed by atoms with Crippen molar-refractivity contribution in [3.05, 3.63) is 71.4 Å². The van der Waals surface area contributed by atoms with Gasteiger partial charge in [0.25, 0.3) is 0 Å². The zero-order chi connectivity index (χ0) is 19.2. The molecule has 0 aliphatic heterocycles. The van der Waals surface area contributed by atoms with Crippen LogP contribution in [0.5, 0.6) is 0 Å². The number of nitrogens with zero attached hydrogens (tertiary/aromatic N) is 2. The quantitative estimate of drug-likeness (QED) is 0.623. The second kappa shape index (κ2) is 8.31. The molecule has 2 aromatic carbocycles. The Labute approximate surface area is 158 Å². The fourth-order valence-electron chi connectivity index (χ4n) is 2.63. The third-order valence-corrected chi connectivity index (χ3v) is 4.03. The fraction of sp³-hybridized carbons (Fsp3) is 0.190. The normalized spacial score (nSPS) is 10.3. The molecule has 0 bridgehead atoms. The molecular formula is C21H22N4O2. The average Bonchev–Trinajstić information content (AvgIpc) is 2.67. The summed E-state index contributed by atoms with van der Waals surface area (Å²) in [7, 11) is 1.36. The molecule has 1 aromatic heterocycles. The van der Waals surface area contributed by atoms with E-state index >= 15 is 0 Å². The summed E-state index contributed by atoms with van der Waals surface area (Å²) in [5.74, 6) is 0.754. The van der Waals surface area contributed by atoms with Gasteiger partial charge in [0.15, 0.2) is 0 Å². The first-order valence-electron chi connectivity index (χ1n) is 8.74. The van der Waals surface area contributed by atoms with Gasteiger partial charge in [-0.3, -0.25) is 0 Å². The second-order valence-corrected chi connectivity index (χ2v) is 6.09. The summed E-state index contributed by atoms with van der Waals surface area (Å²) in [5, 5.41) is 6.43. The standard InChI is InChI=1S/C21H22N4O2/c1-4-15-8-10-17(11-9-15)23-19-12-14(2)22-21(25-19)24-18-7-5-6-16(13-18)20(26)27-3/h5-13H,4H2,1-3H3,(H2,22,23,24,25). The predicted octanol–water partition coefficient (Wildman–Crippen LogP) is 4.62. The first kappa shape index (κ1) is 18.4. The number of nitrogens with one attached hydrogen (secondary N) is 2. The van der Waals surface area contributed by atoms with Gasteiger partial charge in [0.1, 0.15) is 5.82 Å². The average molecular weight is 362 g/mol. The van der Waals surface area contributed by atoms with Crippen molar-refractivity contribution < 1.29 is 9.53 Å². The number of esters is 1. The number of benzene rings is 2. The molecule has 6 heteroatoms. The number of carbonyl (C=O) groups excluding carboxylic acids is 1. The third-order valence-electron chi connectivity index (χ3n) is 4.03. The highest BCUT2D eigenvalue weighted by Crippen LogP contribution is 2.20. The summed E-state index contributed by atoms with van der Waals surface area (Å²) in [6, 6.07) is 17.1. The molecule has 138 valence electrons. The second-order valence-electron chi connectivity index (χ2n) is 6.09. The van der Waals surface area contributed by atoms with E-state index in [2.05, 4.69) is 39.7 Å². The van der Waals surface area contributed by atoms with E-state index in [-0.39, 0.29) is 5.97 Å². The van der Waals surface area contributed by atoms with E-state index in [0.717, 1.165) is 17.8 Å². The molecule has 0 atom stereocenters. The SMILES string of the molecule is CCc1ccc(Nc2cc(C)nc(Nc3cccc(C(=O)OC)c3)n2)cc1. The van der Waals surface area contributed by atoms with Crippen molar-refractivity contribution >= 4 is 29.1 Å². The van der Waals surface area contributed by atoms with E-state index in [0.29, 0.717) is 23.0 Å². The first-order chi connectivity index (χ1) is 13.1. The highest BCUT2D eigenvalue weighted by Gasteiger charge is 2.08. The van der Waals surface area contributed by atoms with Gasteiger partial charge in [0, 0.05) is 23.1 Å². The minimum Gasteiger partial charge on any atom is -0.465 e. The molecule has 0 saturated carbocycles. The minimum atomic E-state index is -0.387. The summed E-state index contributed by atoms with van der Waals surface area (Å²) >= 11 is 0. The molecule has 0 aliphatic carbocycles. The van der Waals surface area contributed by atoms with Crippen LogP contribution in [-0.2, 0) is 11.2 Å². The van der Waals surface area contributed by atoms with Gasteiger partial charge in [-0.1, -0.05) is 25.1 Å².